The number of aliphatic hydroxyl groups is 2. The number of fused-ring (bicyclic) bond motifs is 2. The second kappa shape index (κ2) is 9.31. The van der Waals surface area contributed by atoms with Crippen LogP contribution in [0.2, 0.25) is 0 Å². The highest BCUT2D eigenvalue weighted by Crippen LogP contribution is 2.37. The van der Waals surface area contributed by atoms with Crippen molar-refractivity contribution in [3.05, 3.63) is 0 Å². The normalized spacial score (nSPS) is 45.4. The molecule has 29 heavy (non-hydrogen) atoms. The van der Waals surface area contributed by atoms with Crippen molar-refractivity contribution >= 4 is 10.4 Å². The van der Waals surface area contributed by atoms with E-state index >= 15 is 0 Å². The Kier molecular flexibility index (Phi) is 7.43. The lowest BCUT2D eigenvalue weighted by molar-refractivity contribution is -0.531. The van der Waals surface area contributed by atoms with Crippen LogP contribution in [0.3, 0.4) is 0 Å². The van der Waals surface area contributed by atoms with Gasteiger partial charge < -0.3 is 33.9 Å². The Labute approximate surface area is 165 Å². The number of hydrogen-bond donors (Lipinski definition) is 4. The largest absolute Gasteiger partial charge is 0.397 e. The maximum absolute atomic E-state index is 11.2. The minimum absolute atomic E-state index is 0.00309. The van der Waals surface area contributed by atoms with Gasteiger partial charge in [0.1, 0.15) is 24.4 Å². The van der Waals surface area contributed by atoms with Gasteiger partial charge in [-0.3, -0.25) is 4.55 Å². The molecule has 0 amide bonds. The smallest absolute Gasteiger partial charge is 0.394 e. The van der Waals surface area contributed by atoms with Gasteiger partial charge in [-0.2, -0.15) is 13.3 Å². The third kappa shape index (κ3) is 4.87. The lowest BCUT2D eigenvalue weighted by Gasteiger charge is -2.44. The summed E-state index contributed by atoms with van der Waals surface area (Å²) in [5.74, 6) is -0.697. The molecule has 0 aliphatic carbocycles. The van der Waals surface area contributed by atoms with Gasteiger partial charge in [-0.25, -0.2) is 9.44 Å². The summed E-state index contributed by atoms with van der Waals surface area (Å²) in [7, 11) is -3.61. The van der Waals surface area contributed by atoms with Gasteiger partial charge in [0.15, 0.2) is 24.8 Å². The Balaban J connectivity index is 1.80. The van der Waals surface area contributed by atoms with Crippen LogP contribution in [-0.2, 0) is 48.2 Å². The van der Waals surface area contributed by atoms with Gasteiger partial charge in [-0.05, 0) is 0 Å². The maximum Gasteiger partial charge on any atom is 0.397 e. The van der Waals surface area contributed by atoms with E-state index in [1.54, 1.807) is 6.92 Å². The molecule has 0 aromatic heterocycles. The molecule has 4 N–H and O–H groups in total. The van der Waals surface area contributed by atoms with Crippen molar-refractivity contribution in [3.63, 3.8) is 0 Å². The molecule has 3 aliphatic rings. The predicted octanol–water partition coefficient (Wildman–Crippen LogP) is -2.17. The second-order valence-corrected chi connectivity index (χ2v) is 7.92. The molecule has 0 aromatic carbocycles. The van der Waals surface area contributed by atoms with Crippen LogP contribution in [0.4, 0.5) is 0 Å². The Morgan fingerprint density at radius 3 is 2.45 bits per heavy atom. The molecule has 14 nitrogen and oxygen atoms in total. The minimum atomic E-state index is -4.87. The number of aliphatic hydroxyl groups excluding tert-OH is 2. The molecule has 10 atom stereocenters. The quantitative estimate of drug-likeness (QED) is 0.178. The van der Waals surface area contributed by atoms with Gasteiger partial charge >= 0.3 is 10.4 Å². The summed E-state index contributed by atoms with van der Waals surface area (Å²) < 4.78 is 63.6. The third-order valence-electron chi connectivity index (χ3n) is 5.15. The molecule has 0 spiro atoms. The van der Waals surface area contributed by atoms with E-state index in [4.69, 9.17) is 38.4 Å². The van der Waals surface area contributed by atoms with Crippen LogP contribution in [-0.4, -0.2) is 104 Å². The van der Waals surface area contributed by atoms with Gasteiger partial charge in [0.25, 0.3) is 0 Å². The van der Waals surface area contributed by atoms with Gasteiger partial charge in [0.05, 0.1) is 19.3 Å². The molecule has 3 aliphatic heterocycles. The highest BCUT2D eigenvalue weighted by Gasteiger charge is 2.57. The minimum Gasteiger partial charge on any atom is -0.394 e. The molecule has 0 radical (unpaired) electrons. The van der Waals surface area contributed by atoms with E-state index in [2.05, 4.69) is 9.22 Å². The first kappa shape index (κ1) is 23.1. The van der Waals surface area contributed by atoms with Crippen LogP contribution in [0.25, 0.3) is 0 Å². The summed E-state index contributed by atoms with van der Waals surface area (Å²) in [6.07, 6.45) is -9.87. The topological polar surface area (TPSA) is 189 Å². The Morgan fingerprint density at radius 2 is 1.86 bits per heavy atom. The molecular weight excluding hydrogens is 424 g/mol. The van der Waals surface area contributed by atoms with E-state index in [0.717, 1.165) is 0 Å². The highest BCUT2D eigenvalue weighted by molar-refractivity contribution is 7.80. The number of methoxy groups -OCH3 is 1. The fraction of sp³-hybridized carbons (Fsp3) is 1.00. The summed E-state index contributed by atoms with van der Waals surface area (Å²) in [5.41, 5.74) is 0. The number of hydrogen-bond acceptors (Lipinski definition) is 13. The van der Waals surface area contributed by atoms with E-state index in [-0.39, 0.29) is 6.61 Å². The number of ether oxygens (including phenoxy) is 5. The van der Waals surface area contributed by atoms with Crippen LogP contribution in [0.1, 0.15) is 6.92 Å². The van der Waals surface area contributed by atoms with Crippen molar-refractivity contribution in [3.8, 4) is 0 Å². The van der Waals surface area contributed by atoms with Gasteiger partial charge in [-0.1, -0.05) is 12.0 Å². The highest BCUT2D eigenvalue weighted by atomic mass is 32.3. The van der Waals surface area contributed by atoms with E-state index in [0.29, 0.717) is 0 Å². The summed E-state index contributed by atoms with van der Waals surface area (Å²) in [6, 6.07) is 0. The Morgan fingerprint density at radius 1 is 1.14 bits per heavy atom. The Bertz CT molecular complexity index is 644. The lowest BCUT2D eigenvalue weighted by Crippen LogP contribution is -2.61. The second-order valence-electron chi connectivity index (χ2n) is 6.88. The van der Waals surface area contributed by atoms with Gasteiger partial charge in [0.2, 0.25) is 0 Å². The van der Waals surface area contributed by atoms with Crippen molar-refractivity contribution in [1.29, 1.82) is 0 Å². The molecule has 2 bridgehead atoms. The van der Waals surface area contributed by atoms with E-state index in [1.165, 1.54) is 7.11 Å². The average Bonchev–Trinajstić information content (AvgIpc) is 2.95. The van der Waals surface area contributed by atoms with E-state index in [1.807, 2.05) is 0 Å². The van der Waals surface area contributed by atoms with Crippen molar-refractivity contribution in [2.75, 3.05) is 20.3 Å². The number of rotatable bonds is 8. The maximum atomic E-state index is 11.2. The summed E-state index contributed by atoms with van der Waals surface area (Å²) in [4.78, 5) is 4.74. The third-order valence-corrected chi connectivity index (χ3v) is 5.61. The molecule has 3 rings (SSSR count). The van der Waals surface area contributed by atoms with Crippen LogP contribution < -0.4 is 0 Å². The standard InChI is InChI=1S/C14H24O14S/c1-5-8(16)6(3-15)23-14(9(5)26-28-17)25-10-7-4-22-11(10)12(13(21-2)24-7)27-29(18,19)20/h5-17H,3-4H2,1-2H3,(H,18,19,20)/t5-,6?,7?,8+,9?,10-,11?,12-,13-,14-/m0/s1. The van der Waals surface area contributed by atoms with Crippen LogP contribution in [0.15, 0.2) is 0 Å². The molecule has 0 saturated carbocycles. The SMILES string of the molecule is CO[C@H]1OC2COC([C@H]2O[C@@H]2OC(CO)[C@H](O)[C@H](C)C2OOO)[C@@H]1OS(=O)(=O)O. The fourth-order valence-electron chi connectivity index (χ4n) is 3.71. The molecule has 3 heterocycles. The van der Waals surface area contributed by atoms with Crippen LogP contribution in [0.5, 0.6) is 0 Å². The van der Waals surface area contributed by atoms with E-state index < -0.39 is 78.2 Å². The van der Waals surface area contributed by atoms with Crippen LogP contribution >= 0.6 is 0 Å². The molecule has 15 heteroatoms. The van der Waals surface area contributed by atoms with Crippen LogP contribution in [0, 0.1) is 5.92 Å². The predicted molar refractivity (Wildman–Crippen MR) is 86.2 cm³/mol. The van der Waals surface area contributed by atoms with E-state index in [9.17, 15) is 18.6 Å². The summed E-state index contributed by atoms with van der Waals surface area (Å²) in [5, 5.41) is 32.0. The zero-order valence-electron chi connectivity index (χ0n) is 15.5. The Hall–Kier alpha value is -0.530. The lowest BCUT2D eigenvalue weighted by atomic mass is 9.90. The monoisotopic (exact) mass is 448 g/mol. The summed E-state index contributed by atoms with van der Waals surface area (Å²) >= 11 is 0. The molecule has 4 unspecified atom stereocenters. The average molecular weight is 448 g/mol. The van der Waals surface area contributed by atoms with Gasteiger partial charge in [-0.15, -0.1) is 0 Å². The molecule has 170 valence electrons. The fourth-order valence-corrected chi connectivity index (χ4v) is 4.20. The zero-order chi connectivity index (χ0) is 21.3. The van der Waals surface area contributed by atoms with Crippen molar-refractivity contribution in [2.45, 2.75) is 62.2 Å². The first-order valence-corrected chi connectivity index (χ1v) is 10.1. The van der Waals surface area contributed by atoms with Gasteiger partial charge in [0, 0.05) is 13.0 Å². The molecule has 3 saturated heterocycles. The zero-order valence-corrected chi connectivity index (χ0v) is 16.3. The first-order valence-electron chi connectivity index (χ1n) is 8.72. The molecule has 3 fully saturated rings. The van der Waals surface area contributed by atoms with Crippen molar-refractivity contribution in [2.24, 2.45) is 5.92 Å². The first-order chi connectivity index (χ1) is 13.7. The van der Waals surface area contributed by atoms with Crippen molar-refractivity contribution in [1.82, 2.24) is 0 Å². The van der Waals surface area contributed by atoms with Crippen molar-refractivity contribution < 1.29 is 66.2 Å². The molecular formula is C14H24O14S. The summed E-state index contributed by atoms with van der Waals surface area (Å²) in [6.45, 7) is 1.03. The molecule has 0 aromatic rings.